The molecule has 0 unspecified atom stereocenters. The topological polar surface area (TPSA) is 29.1 Å². The van der Waals surface area contributed by atoms with Crippen molar-refractivity contribution >= 4 is 17.7 Å². The predicted octanol–water partition coefficient (Wildman–Crippen LogP) is 1.66. The molecule has 3 heteroatoms. The van der Waals surface area contributed by atoms with Gasteiger partial charge in [-0.15, -0.1) is 0 Å². The summed E-state index contributed by atoms with van der Waals surface area (Å²) in [5, 5.41) is 2.78. The summed E-state index contributed by atoms with van der Waals surface area (Å²) in [5.74, 6) is 1.31. The Labute approximate surface area is 73.1 Å². The van der Waals surface area contributed by atoms with Gasteiger partial charge < -0.3 is 5.32 Å². The number of nitrogens with one attached hydrogen (secondary N) is 1. The SMILES string of the molecule is CSCCCCCNC(C)=O. The highest BCUT2D eigenvalue weighted by molar-refractivity contribution is 7.98. The van der Waals surface area contributed by atoms with E-state index in [2.05, 4.69) is 11.6 Å². The van der Waals surface area contributed by atoms with Gasteiger partial charge in [0.2, 0.25) is 5.91 Å². The third-order valence-electron chi connectivity index (χ3n) is 1.40. The third kappa shape index (κ3) is 9.82. The Morgan fingerprint density at radius 3 is 2.64 bits per heavy atom. The van der Waals surface area contributed by atoms with Gasteiger partial charge in [-0.05, 0) is 24.9 Å². The molecule has 0 atom stereocenters. The number of carbonyl (C=O) groups is 1. The van der Waals surface area contributed by atoms with E-state index in [0.717, 1.165) is 13.0 Å². The molecule has 0 rings (SSSR count). The van der Waals surface area contributed by atoms with Gasteiger partial charge in [0.25, 0.3) is 0 Å². The van der Waals surface area contributed by atoms with E-state index in [9.17, 15) is 4.79 Å². The maximum atomic E-state index is 10.4. The maximum Gasteiger partial charge on any atom is 0.216 e. The van der Waals surface area contributed by atoms with Crippen LogP contribution in [0.15, 0.2) is 0 Å². The van der Waals surface area contributed by atoms with Crippen LogP contribution in [-0.4, -0.2) is 24.5 Å². The van der Waals surface area contributed by atoms with Crippen LogP contribution in [0.5, 0.6) is 0 Å². The molecule has 2 nitrogen and oxygen atoms in total. The minimum atomic E-state index is 0.0786. The number of carbonyl (C=O) groups excluding carboxylic acids is 1. The molecule has 0 aliphatic rings. The summed E-state index contributed by atoms with van der Waals surface area (Å²) in [6.07, 6.45) is 5.72. The molecule has 0 aromatic carbocycles. The van der Waals surface area contributed by atoms with Crippen molar-refractivity contribution in [3.63, 3.8) is 0 Å². The summed E-state index contributed by atoms with van der Waals surface area (Å²) in [6.45, 7) is 2.39. The average molecular weight is 175 g/mol. The van der Waals surface area contributed by atoms with Crippen molar-refractivity contribution in [2.24, 2.45) is 0 Å². The first-order valence-corrected chi connectivity index (χ1v) is 5.40. The highest BCUT2D eigenvalue weighted by Crippen LogP contribution is 2.00. The van der Waals surface area contributed by atoms with Gasteiger partial charge in [-0.2, -0.15) is 11.8 Å². The molecule has 0 aromatic heterocycles. The zero-order valence-corrected chi connectivity index (χ0v) is 8.17. The fourth-order valence-electron chi connectivity index (χ4n) is 0.813. The minimum absolute atomic E-state index is 0.0786. The highest BCUT2D eigenvalue weighted by Gasteiger charge is 1.90. The number of hydrogen-bond acceptors (Lipinski definition) is 2. The summed E-state index contributed by atoms with van der Waals surface area (Å²) in [7, 11) is 0. The predicted molar refractivity (Wildman–Crippen MR) is 50.9 cm³/mol. The Morgan fingerprint density at radius 1 is 1.36 bits per heavy atom. The van der Waals surface area contributed by atoms with Crippen LogP contribution in [0.2, 0.25) is 0 Å². The van der Waals surface area contributed by atoms with E-state index < -0.39 is 0 Å². The van der Waals surface area contributed by atoms with Gasteiger partial charge in [0.15, 0.2) is 0 Å². The van der Waals surface area contributed by atoms with Crippen LogP contribution in [0.1, 0.15) is 26.2 Å². The Balaban J connectivity index is 2.85. The lowest BCUT2D eigenvalue weighted by Gasteiger charge is -2.00. The van der Waals surface area contributed by atoms with Crippen LogP contribution >= 0.6 is 11.8 Å². The first kappa shape index (κ1) is 10.8. The lowest BCUT2D eigenvalue weighted by atomic mass is 10.2. The Bertz CT molecular complexity index is 106. The molecule has 0 spiro atoms. The van der Waals surface area contributed by atoms with E-state index in [4.69, 9.17) is 0 Å². The van der Waals surface area contributed by atoms with Crippen molar-refractivity contribution in [1.29, 1.82) is 0 Å². The molecule has 11 heavy (non-hydrogen) atoms. The third-order valence-corrected chi connectivity index (χ3v) is 2.10. The number of unbranched alkanes of at least 4 members (excludes halogenated alkanes) is 2. The Morgan fingerprint density at radius 2 is 2.09 bits per heavy atom. The first-order chi connectivity index (χ1) is 5.27. The van der Waals surface area contributed by atoms with Gasteiger partial charge >= 0.3 is 0 Å². The van der Waals surface area contributed by atoms with E-state index >= 15 is 0 Å². The van der Waals surface area contributed by atoms with E-state index in [0.29, 0.717) is 0 Å². The van der Waals surface area contributed by atoms with Crippen LogP contribution in [0.3, 0.4) is 0 Å². The van der Waals surface area contributed by atoms with E-state index in [-0.39, 0.29) is 5.91 Å². The maximum absolute atomic E-state index is 10.4. The Hall–Kier alpha value is -0.180. The van der Waals surface area contributed by atoms with Crippen LogP contribution < -0.4 is 5.32 Å². The van der Waals surface area contributed by atoms with Gasteiger partial charge in [-0.3, -0.25) is 4.79 Å². The summed E-state index contributed by atoms with van der Waals surface area (Å²) in [5.41, 5.74) is 0. The molecule has 0 heterocycles. The first-order valence-electron chi connectivity index (χ1n) is 4.00. The number of thioether (sulfide) groups is 1. The number of rotatable bonds is 6. The van der Waals surface area contributed by atoms with Crippen molar-refractivity contribution in [2.75, 3.05) is 18.6 Å². The average Bonchev–Trinajstić information content (AvgIpc) is 1.96. The summed E-state index contributed by atoms with van der Waals surface area (Å²) >= 11 is 1.88. The molecule has 0 fully saturated rings. The zero-order chi connectivity index (χ0) is 8.53. The molecule has 1 N–H and O–H groups in total. The molecular formula is C8H17NOS. The normalized spacial score (nSPS) is 9.64. The fraction of sp³-hybridized carbons (Fsp3) is 0.875. The summed E-state index contributed by atoms with van der Waals surface area (Å²) < 4.78 is 0. The second-order valence-corrected chi connectivity index (χ2v) is 3.52. The zero-order valence-electron chi connectivity index (χ0n) is 7.35. The van der Waals surface area contributed by atoms with Crippen molar-refractivity contribution < 1.29 is 4.79 Å². The molecule has 66 valence electrons. The molecular weight excluding hydrogens is 158 g/mol. The number of hydrogen-bond donors (Lipinski definition) is 1. The molecule has 0 aliphatic heterocycles. The molecule has 0 saturated heterocycles. The summed E-state index contributed by atoms with van der Waals surface area (Å²) in [4.78, 5) is 10.4. The van der Waals surface area contributed by atoms with Gasteiger partial charge in [0.05, 0.1) is 0 Å². The van der Waals surface area contributed by atoms with Crippen LogP contribution in [0.25, 0.3) is 0 Å². The lowest BCUT2D eigenvalue weighted by Crippen LogP contribution is -2.20. The molecule has 0 saturated carbocycles. The minimum Gasteiger partial charge on any atom is -0.356 e. The second-order valence-electron chi connectivity index (χ2n) is 2.54. The van der Waals surface area contributed by atoms with Gasteiger partial charge in [-0.25, -0.2) is 0 Å². The van der Waals surface area contributed by atoms with Crippen LogP contribution in [0, 0.1) is 0 Å². The van der Waals surface area contributed by atoms with Gasteiger partial charge in [-0.1, -0.05) is 6.42 Å². The van der Waals surface area contributed by atoms with E-state index in [1.807, 2.05) is 11.8 Å². The van der Waals surface area contributed by atoms with Crippen molar-refractivity contribution in [1.82, 2.24) is 5.32 Å². The molecule has 0 radical (unpaired) electrons. The molecule has 0 aliphatic carbocycles. The number of amides is 1. The van der Waals surface area contributed by atoms with Gasteiger partial charge in [0.1, 0.15) is 0 Å². The van der Waals surface area contributed by atoms with Crippen molar-refractivity contribution in [3.05, 3.63) is 0 Å². The second kappa shape index (κ2) is 7.92. The summed E-state index contributed by atoms with van der Waals surface area (Å²) in [6, 6.07) is 0. The monoisotopic (exact) mass is 175 g/mol. The van der Waals surface area contributed by atoms with E-state index in [1.165, 1.54) is 18.6 Å². The molecule has 1 amide bonds. The van der Waals surface area contributed by atoms with Crippen LogP contribution in [-0.2, 0) is 4.79 Å². The standard InChI is InChI=1S/C8H17NOS/c1-8(10)9-6-4-3-5-7-11-2/h3-7H2,1-2H3,(H,9,10). The highest BCUT2D eigenvalue weighted by atomic mass is 32.2. The van der Waals surface area contributed by atoms with Crippen molar-refractivity contribution in [3.8, 4) is 0 Å². The Kier molecular flexibility index (Phi) is 7.79. The van der Waals surface area contributed by atoms with Crippen LogP contribution in [0.4, 0.5) is 0 Å². The quantitative estimate of drug-likeness (QED) is 0.622. The van der Waals surface area contributed by atoms with Crippen molar-refractivity contribution in [2.45, 2.75) is 26.2 Å². The van der Waals surface area contributed by atoms with Gasteiger partial charge in [0, 0.05) is 13.5 Å². The van der Waals surface area contributed by atoms with E-state index in [1.54, 1.807) is 6.92 Å². The lowest BCUT2D eigenvalue weighted by molar-refractivity contribution is -0.118. The smallest absolute Gasteiger partial charge is 0.216 e. The molecule has 0 aromatic rings. The largest absolute Gasteiger partial charge is 0.356 e. The fourth-order valence-corrected chi connectivity index (χ4v) is 1.31. The molecule has 0 bridgehead atoms.